The second-order valence-electron chi connectivity index (χ2n) is 7.13. The van der Waals surface area contributed by atoms with E-state index >= 15 is 0 Å². The summed E-state index contributed by atoms with van der Waals surface area (Å²) in [5, 5.41) is 6.64. The van der Waals surface area contributed by atoms with Crippen molar-refractivity contribution < 1.29 is 55.3 Å². The Bertz CT molecular complexity index is 1400. The zero-order valence-corrected chi connectivity index (χ0v) is 25.9. The van der Waals surface area contributed by atoms with Crippen molar-refractivity contribution in [2.45, 2.75) is 24.7 Å². The van der Waals surface area contributed by atoms with Crippen LogP contribution < -0.4 is 4.74 Å². The van der Waals surface area contributed by atoms with Crippen molar-refractivity contribution in [2.75, 3.05) is 6.61 Å². The number of ether oxygens (including phenoxy) is 3. The third kappa shape index (κ3) is 8.11. The number of nitro groups is 1. The maximum Gasteiger partial charge on any atom is 0.405 e. The predicted octanol–water partition coefficient (Wildman–Crippen LogP) is 4.59. The molecule has 2 aromatic carbocycles. The van der Waals surface area contributed by atoms with E-state index in [0.717, 1.165) is 21.8 Å². The zero-order chi connectivity index (χ0) is 29.0. The Kier molecular flexibility index (Phi) is 11.1. The minimum Gasteiger partial charge on any atom is -0.461 e. The van der Waals surface area contributed by atoms with Gasteiger partial charge in [-0.05, 0) is 92.9 Å². The molecule has 0 bridgehead atoms. The number of hydrogen-bond acceptors (Lipinski definition) is 10. The number of nitro benzene ring substituents is 1. The Morgan fingerprint density at radius 2 is 1.76 bits per heavy atom. The standard InChI is InChI=1S/C20H14F2I3NO11S/c1-9(20(21,22)38(32,33)34)36-16(27)4-5-35-18(28)10-2-3-14(26(30)31)15(6-10)37-19(29)12-7-11(23)8-13(24)17(12)25/h2-3,6-9H,4-5H2,1H3,(H,32,33,34). The fourth-order valence-electron chi connectivity index (χ4n) is 2.58. The van der Waals surface area contributed by atoms with Gasteiger partial charge in [-0.25, -0.2) is 9.59 Å². The fourth-order valence-corrected chi connectivity index (χ4v) is 5.42. The number of halogens is 5. The number of carbonyl (C=O) groups is 3. The van der Waals surface area contributed by atoms with Gasteiger partial charge in [-0.1, -0.05) is 0 Å². The van der Waals surface area contributed by atoms with Gasteiger partial charge < -0.3 is 14.2 Å². The summed E-state index contributed by atoms with van der Waals surface area (Å²) in [7, 11) is -5.85. The number of esters is 3. The average Bonchev–Trinajstić information content (AvgIpc) is 2.80. The molecule has 206 valence electrons. The highest BCUT2D eigenvalue weighted by atomic mass is 127. The van der Waals surface area contributed by atoms with E-state index in [2.05, 4.69) is 4.74 Å². The molecular formula is C20H14F2I3NO11S. The van der Waals surface area contributed by atoms with Crippen LogP contribution in [0.5, 0.6) is 5.75 Å². The first-order chi connectivity index (χ1) is 17.5. The van der Waals surface area contributed by atoms with E-state index < -0.39 is 68.8 Å². The lowest BCUT2D eigenvalue weighted by molar-refractivity contribution is -0.385. The zero-order valence-electron chi connectivity index (χ0n) is 18.7. The molecule has 2 rings (SSSR count). The molecule has 18 heteroatoms. The molecule has 0 aliphatic heterocycles. The van der Waals surface area contributed by atoms with E-state index in [-0.39, 0.29) is 11.1 Å². The van der Waals surface area contributed by atoms with E-state index in [4.69, 9.17) is 14.0 Å². The molecule has 1 N–H and O–H groups in total. The predicted molar refractivity (Wildman–Crippen MR) is 150 cm³/mol. The van der Waals surface area contributed by atoms with Crippen LogP contribution in [0.25, 0.3) is 0 Å². The topological polar surface area (TPSA) is 176 Å². The molecule has 0 fully saturated rings. The van der Waals surface area contributed by atoms with E-state index in [1.807, 2.05) is 67.8 Å². The summed E-state index contributed by atoms with van der Waals surface area (Å²) in [6.07, 6.45) is -3.30. The lowest BCUT2D eigenvalue weighted by Crippen LogP contribution is -2.42. The maximum absolute atomic E-state index is 13.5. The van der Waals surface area contributed by atoms with Crippen LogP contribution in [-0.4, -0.2) is 53.8 Å². The molecule has 0 saturated heterocycles. The van der Waals surface area contributed by atoms with Crippen LogP contribution in [0.15, 0.2) is 30.3 Å². The normalized spacial score (nSPS) is 12.4. The minimum atomic E-state index is -5.85. The van der Waals surface area contributed by atoms with Gasteiger partial charge in [0.05, 0.1) is 22.5 Å². The van der Waals surface area contributed by atoms with Crippen molar-refractivity contribution in [1.29, 1.82) is 0 Å². The highest BCUT2D eigenvalue weighted by molar-refractivity contribution is 14.1. The second kappa shape index (κ2) is 13.0. The van der Waals surface area contributed by atoms with Crippen molar-refractivity contribution in [3.63, 3.8) is 0 Å². The fraction of sp³-hybridized carbons (Fsp3) is 0.250. The van der Waals surface area contributed by atoms with Gasteiger partial charge in [-0.2, -0.15) is 17.2 Å². The SMILES string of the molecule is CC(OC(=O)CCOC(=O)c1ccc([N+](=O)[O-])c(OC(=O)c2cc(I)cc(I)c2I)c1)C(F)(F)S(=O)(=O)O. The molecule has 0 amide bonds. The molecule has 1 unspecified atom stereocenters. The molecule has 12 nitrogen and oxygen atoms in total. The smallest absolute Gasteiger partial charge is 0.405 e. The highest BCUT2D eigenvalue weighted by Gasteiger charge is 2.51. The first-order valence-electron chi connectivity index (χ1n) is 9.82. The quantitative estimate of drug-likeness (QED) is 0.0672. The lowest BCUT2D eigenvalue weighted by atomic mass is 10.2. The van der Waals surface area contributed by atoms with Gasteiger partial charge in [0, 0.05) is 22.8 Å². The summed E-state index contributed by atoms with van der Waals surface area (Å²) in [6, 6.07) is 6.11. The summed E-state index contributed by atoms with van der Waals surface area (Å²) in [5.74, 6) is -3.95. The molecule has 0 spiro atoms. The van der Waals surface area contributed by atoms with Crippen LogP contribution in [0.2, 0.25) is 0 Å². The van der Waals surface area contributed by atoms with Crippen molar-refractivity contribution in [3.05, 3.63) is 62.3 Å². The van der Waals surface area contributed by atoms with E-state index in [1.54, 1.807) is 6.07 Å². The molecule has 0 aliphatic rings. The maximum atomic E-state index is 13.5. The molecule has 0 aromatic heterocycles. The Morgan fingerprint density at radius 3 is 2.34 bits per heavy atom. The molecule has 2 aromatic rings. The third-order valence-electron chi connectivity index (χ3n) is 4.47. The van der Waals surface area contributed by atoms with Gasteiger partial charge in [0.2, 0.25) is 5.75 Å². The van der Waals surface area contributed by atoms with Crippen molar-refractivity contribution in [1.82, 2.24) is 0 Å². The molecule has 38 heavy (non-hydrogen) atoms. The van der Waals surface area contributed by atoms with Gasteiger partial charge in [0.1, 0.15) is 6.61 Å². The number of rotatable bonds is 10. The molecule has 0 radical (unpaired) electrons. The number of benzene rings is 2. The summed E-state index contributed by atoms with van der Waals surface area (Å²) >= 11 is 5.90. The third-order valence-corrected chi connectivity index (χ3v) is 9.16. The summed E-state index contributed by atoms with van der Waals surface area (Å²) in [6.45, 7) is -0.164. The van der Waals surface area contributed by atoms with Gasteiger partial charge in [0.25, 0.3) is 0 Å². The Morgan fingerprint density at radius 1 is 1.13 bits per heavy atom. The monoisotopic (exact) mass is 895 g/mol. The summed E-state index contributed by atoms with van der Waals surface area (Å²) < 4.78 is 73.1. The minimum absolute atomic E-state index is 0.136. The van der Waals surface area contributed by atoms with E-state index in [9.17, 15) is 41.7 Å². The Hall–Kier alpha value is -1.79. The number of nitrogens with zero attached hydrogens (tertiary/aromatic N) is 1. The van der Waals surface area contributed by atoms with Crippen LogP contribution >= 0.6 is 67.8 Å². The highest BCUT2D eigenvalue weighted by Crippen LogP contribution is 2.31. The molecule has 0 heterocycles. The van der Waals surface area contributed by atoms with Gasteiger partial charge in [-0.3, -0.25) is 19.5 Å². The number of alkyl halides is 2. The number of hydrogen-bond donors (Lipinski definition) is 1. The molecule has 0 saturated carbocycles. The lowest BCUT2D eigenvalue weighted by Gasteiger charge is -2.20. The van der Waals surface area contributed by atoms with Crippen LogP contribution in [0.1, 0.15) is 34.1 Å². The van der Waals surface area contributed by atoms with Crippen LogP contribution in [0.3, 0.4) is 0 Å². The van der Waals surface area contributed by atoms with E-state index in [0.29, 0.717) is 14.1 Å². The van der Waals surface area contributed by atoms with Gasteiger partial charge in [-0.15, -0.1) is 0 Å². The van der Waals surface area contributed by atoms with Crippen molar-refractivity contribution in [3.8, 4) is 5.75 Å². The molecule has 1 atom stereocenters. The Labute approximate surface area is 254 Å². The number of carbonyl (C=O) groups excluding carboxylic acids is 3. The van der Waals surface area contributed by atoms with Gasteiger partial charge in [0.15, 0.2) is 6.10 Å². The summed E-state index contributed by atoms with van der Waals surface area (Å²) in [4.78, 5) is 47.3. The molecule has 0 aliphatic carbocycles. The van der Waals surface area contributed by atoms with Crippen LogP contribution in [0, 0.1) is 20.8 Å². The van der Waals surface area contributed by atoms with Gasteiger partial charge >= 0.3 is 39.0 Å². The molecular weight excluding hydrogens is 881 g/mol. The first kappa shape index (κ1) is 32.4. The van der Waals surface area contributed by atoms with Crippen molar-refractivity contribution >= 4 is 101 Å². The second-order valence-corrected chi connectivity index (χ2v) is 12.1. The first-order valence-corrected chi connectivity index (χ1v) is 14.5. The summed E-state index contributed by atoms with van der Waals surface area (Å²) in [5.41, 5.74) is -0.788. The largest absolute Gasteiger partial charge is 0.461 e. The van der Waals surface area contributed by atoms with Crippen molar-refractivity contribution in [2.24, 2.45) is 0 Å². The average molecular weight is 895 g/mol. The van der Waals surface area contributed by atoms with E-state index in [1.165, 1.54) is 6.07 Å². The van der Waals surface area contributed by atoms with Crippen LogP contribution in [0.4, 0.5) is 14.5 Å². The van der Waals surface area contributed by atoms with Crippen LogP contribution in [-0.2, 0) is 24.4 Å². The Balaban J connectivity index is 2.12.